The maximum Gasteiger partial charge on any atom is 0.0480 e. The maximum atomic E-state index is 5.37. The highest BCUT2D eigenvalue weighted by atomic mass is 32.2. The molecule has 0 aromatic rings. The van der Waals surface area contributed by atoms with Gasteiger partial charge in [0.05, 0.1) is 0 Å². The lowest BCUT2D eigenvalue weighted by Crippen LogP contribution is -2.45. The minimum Gasteiger partial charge on any atom is -0.381 e. The highest BCUT2D eigenvalue weighted by molar-refractivity contribution is 8.00. The Hall–Kier alpha value is 0.230. The molecule has 2 fully saturated rings. The molecule has 0 amide bonds. The van der Waals surface area contributed by atoms with Gasteiger partial charge in [-0.3, -0.25) is 4.90 Å². The lowest BCUT2D eigenvalue weighted by atomic mass is 10.1. The maximum absolute atomic E-state index is 5.37. The molecule has 0 bridgehead atoms. The summed E-state index contributed by atoms with van der Waals surface area (Å²) in [6, 6.07) is 0.692. The molecule has 17 heavy (non-hydrogen) atoms. The molecular formula is C13H26N2OS. The van der Waals surface area contributed by atoms with Gasteiger partial charge in [0, 0.05) is 55.9 Å². The van der Waals surface area contributed by atoms with E-state index in [-0.39, 0.29) is 0 Å². The van der Waals surface area contributed by atoms with Gasteiger partial charge >= 0.3 is 0 Å². The Morgan fingerprint density at radius 3 is 2.47 bits per heavy atom. The van der Waals surface area contributed by atoms with E-state index in [2.05, 4.69) is 35.8 Å². The Morgan fingerprint density at radius 2 is 1.82 bits per heavy atom. The first kappa shape index (κ1) is 13.7. The summed E-state index contributed by atoms with van der Waals surface area (Å²) in [5.41, 5.74) is 0. The summed E-state index contributed by atoms with van der Waals surface area (Å²) in [6.07, 6.45) is 2.37. The standard InChI is InChI=1S/C13H26N2OS/c1-11-9-15(10-12(2)17-11)6-5-14-13-3-7-16-8-4-13/h11-14H,3-10H2,1-2H3. The summed E-state index contributed by atoms with van der Waals surface area (Å²) in [5.74, 6) is 0. The van der Waals surface area contributed by atoms with Crippen LogP contribution in [0.1, 0.15) is 26.7 Å². The summed E-state index contributed by atoms with van der Waals surface area (Å²) >= 11 is 2.13. The number of hydrogen-bond acceptors (Lipinski definition) is 4. The Kier molecular flexibility index (Phi) is 5.60. The smallest absolute Gasteiger partial charge is 0.0480 e. The Morgan fingerprint density at radius 1 is 1.18 bits per heavy atom. The zero-order valence-electron chi connectivity index (χ0n) is 11.2. The molecule has 0 aromatic carbocycles. The van der Waals surface area contributed by atoms with Crippen LogP contribution in [0.25, 0.3) is 0 Å². The van der Waals surface area contributed by atoms with Gasteiger partial charge in [-0.25, -0.2) is 0 Å². The summed E-state index contributed by atoms with van der Waals surface area (Å²) in [6.45, 7) is 11.4. The number of nitrogens with one attached hydrogen (secondary N) is 1. The van der Waals surface area contributed by atoms with Crippen LogP contribution >= 0.6 is 11.8 Å². The minimum absolute atomic E-state index is 0.692. The molecule has 2 aliphatic heterocycles. The molecule has 4 heteroatoms. The molecule has 100 valence electrons. The van der Waals surface area contributed by atoms with Crippen LogP contribution in [0.3, 0.4) is 0 Å². The summed E-state index contributed by atoms with van der Waals surface area (Å²) in [7, 11) is 0. The van der Waals surface area contributed by atoms with Gasteiger partial charge in [-0.2, -0.15) is 11.8 Å². The topological polar surface area (TPSA) is 24.5 Å². The summed E-state index contributed by atoms with van der Waals surface area (Å²) < 4.78 is 5.37. The van der Waals surface area contributed by atoms with Gasteiger partial charge in [0.2, 0.25) is 0 Å². The first-order valence-electron chi connectivity index (χ1n) is 6.93. The highest BCUT2D eigenvalue weighted by Gasteiger charge is 2.22. The fourth-order valence-corrected chi connectivity index (χ4v) is 4.18. The van der Waals surface area contributed by atoms with E-state index >= 15 is 0 Å². The van der Waals surface area contributed by atoms with Crippen LogP contribution in [0.5, 0.6) is 0 Å². The van der Waals surface area contributed by atoms with Crippen LogP contribution in [-0.2, 0) is 4.74 Å². The molecule has 0 aromatic heterocycles. The zero-order chi connectivity index (χ0) is 12.1. The van der Waals surface area contributed by atoms with Gasteiger partial charge in [0.1, 0.15) is 0 Å². The van der Waals surface area contributed by atoms with Gasteiger partial charge in [0.25, 0.3) is 0 Å². The number of ether oxygens (including phenoxy) is 1. The second-order valence-corrected chi connectivity index (χ2v) is 7.24. The molecular weight excluding hydrogens is 232 g/mol. The third kappa shape index (κ3) is 4.78. The van der Waals surface area contributed by atoms with Crippen LogP contribution in [0.4, 0.5) is 0 Å². The van der Waals surface area contributed by atoms with E-state index in [1.807, 2.05) is 0 Å². The largest absolute Gasteiger partial charge is 0.381 e. The van der Waals surface area contributed by atoms with E-state index in [0.717, 1.165) is 30.3 Å². The second kappa shape index (κ2) is 6.98. The van der Waals surface area contributed by atoms with E-state index in [1.54, 1.807) is 0 Å². The number of thioether (sulfide) groups is 1. The van der Waals surface area contributed by atoms with Crippen molar-refractivity contribution >= 4 is 11.8 Å². The van der Waals surface area contributed by atoms with Crippen LogP contribution in [0.2, 0.25) is 0 Å². The van der Waals surface area contributed by atoms with Crippen LogP contribution in [0.15, 0.2) is 0 Å². The number of nitrogens with zero attached hydrogens (tertiary/aromatic N) is 1. The Balaban J connectivity index is 1.60. The fraction of sp³-hybridized carbons (Fsp3) is 1.00. The van der Waals surface area contributed by atoms with Gasteiger partial charge in [0.15, 0.2) is 0 Å². The van der Waals surface area contributed by atoms with Gasteiger partial charge < -0.3 is 10.1 Å². The predicted octanol–water partition coefficient (Wildman–Crippen LogP) is 1.58. The fourth-order valence-electron chi connectivity index (χ4n) is 2.80. The van der Waals surface area contributed by atoms with Crippen molar-refractivity contribution in [2.24, 2.45) is 0 Å². The molecule has 2 saturated heterocycles. The number of rotatable bonds is 4. The quantitative estimate of drug-likeness (QED) is 0.827. The van der Waals surface area contributed by atoms with E-state index in [0.29, 0.717) is 6.04 Å². The van der Waals surface area contributed by atoms with Crippen molar-refractivity contribution in [1.82, 2.24) is 10.2 Å². The summed E-state index contributed by atoms with van der Waals surface area (Å²) in [5, 5.41) is 5.26. The SMILES string of the molecule is CC1CN(CCNC2CCOCC2)CC(C)S1. The average Bonchev–Trinajstić information content (AvgIpc) is 2.29. The molecule has 1 N–H and O–H groups in total. The number of hydrogen-bond donors (Lipinski definition) is 1. The van der Waals surface area contributed by atoms with Crippen molar-refractivity contribution < 1.29 is 4.74 Å². The van der Waals surface area contributed by atoms with Crippen LogP contribution in [-0.4, -0.2) is 60.8 Å². The highest BCUT2D eigenvalue weighted by Crippen LogP contribution is 2.24. The molecule has 0 radical (unpaired) electrons. The molecule has 0 saturated carbocycles. The van der Waals surface area contributed by atoms with Crippen molar-refractivity contribution in [3.8, 4) is 0 Å². The van der Waals surface area contributed by atoms with E-state index in [1.165, 1.54) is 32.5 Å². The van der Waals surface area contributed by atoms with E-state index < -0.39 is 0 Å². The van der Waals surface area contributed by atoms with E-state index in [9.17, 15) is 0 Å². The van der Waals surface area contributed by atoms with Crippen molar-refractivity contribution in [2.75, 3.05) is 39.4 Å². The van der Waals surface area contributed by atoms with Crippen LogP contribution < -0.4 is 5.32 Å². The Labute approximate surface area is 110 Å². The van der Waals surface area contributed by atoms with Crippen molar-refractivity contribution in [1.29, 1.82) is 0 Å². The second-order valence-electron chi connectivity index (χ2n) is 5.36. The molecule has 0 spiro atoms. The molecule has 2 unspecified atom stereocenters. The predicted molar refractivity (Wildman–Crippen MR) is 74.8 cm³/mol. The lowest BCUT2D eigenvalue weighted by molar-refractivity contribution is 0.0772. The third-order valence-electron chi connectivity index (χ3n) is 3.58. The van der Waals surface area contributed by atoms with Crippen molar-refractivity contribution in [3.63, 3.8) is 0 Å². The van der Waals surface area contributed by atoms with Gasteiger partial charge in [-0.1, -0.05) is 13.8 Å². The average molecular weight is 258 g/mol. The molecule has 2 rings (SSSR count). The van der Waals surface area contributed by atoms with Crippen molar-refractivity contribution in [2.45, 2.75) is 43.2 Å². The van der Waals surface area contributed by atoms with Crippen LogP contribution in [0, 0.1) is 0 Å². The third-order valence-corrected chi connectivity index (χ3v) is 4.80. The first-order valence-corrected chi connectivity index (χ1v) is 7.87. The molecule has 2 aliphatic rings. The molecule has 2 heterocycles. The van der Waals surface area contributed by atoms with Gasteiger partial charge in [-0.05, 0) is 12.8 Å². The first-order chi connectivity index (χ1) is 8.24. The van der Waals surface area contributed by atoms with E-state index in [4.69, 9.17) is 4.74 Å². The molecule has 0 aliphatic carbocycles. The van der Waals surface area contributed by atoms with Gasteiger partial charge in [-0.15, -0.1) is 0 Å². The van der Waals surface area contributed by atoms with Crippen molar-refractivity contribution in [3.05, 3.63) is 0 Å². The molecule has 3 nitrogen and oxygen atoms in total. The monoisotopic (exact) mass is 258 g/mol. The minimum atomic E-state index is 0.692. The normalized spacial score (nSPS) is 32.8. The Bertz CT molecular complexity index is 211. The molecule has 2 atom stereocenters. The zero-order valence-corrected chi connectivity index (χ0v) is 12.0. The summed E-state index contributed by atoms with van der Waals surface area (Å²) in [4.78, 5) is 2.61. The lowest BCUT2D eigenvalue weighted by Gasteiger charge is -2.35.